The SMILES string of the molecule is NCC1CCC(Cc2nc(Nc3ccc4ncccc4c3)nc(N)c2[N+](=O)[O-])CC1. The molecule has 1 aliphatic rings. The lowest BCUT2D eigenvalue weighted by Gasteiger charge is -2.27. The highest BCUT2D eigenvalue weighted by atomic mass is 16.6. The van der Waals surface area contributed by atoms with E-state index in [0.717, 1.165) is 42.3 Å². The second kappa shape index (κ2) is 8.58. The first-order valence-corrected chi connectivity index (χ1v) is 10.2. The fraction of sp³-hybridized carbons (Fsp3) is 0.381. The Hall–Kier alpha value is -3.33. The Morgan fingerprint density at radius 2 is 1.90 bits per heavy atom. The van der Waals surface area contributed by atoms with Crippen LogP contribution in [-0.4, -0.2) is 26.4 Å². The van der Waals surface area contributed by atoms with Crippen LogP contribution in [0.5, 0.6) is 0 Å². The van der Waals surface area contributed by atoms with Gasteiger partial charge in [-0.05, 0) is 74.8 Å². The van der Waals surface area contributed by atoms with Crippen LogP contribution in [0.4, 0.5) is 23.1 Å². The normalized spacial score (nSPS) is 19.0. The zero-order valence-corrected chi connectivity index (χ0v) is 16.6. The van der Waals surface area contributed by atoms with E-state index in [4.69, 9.17) is 11.5 Å². The predicted molar refractivity (Wildman–Crippen MR) is 116 cm³/mol. The van der Waals surface area contributed by atoms with E-state index >= 15 is 0 Å². The highest BCUT2D eigenvalue weighted by Gasteiger charge is 2.28. The fourth-order valence-corrected chi connectivity index (χ4v) is 4.15. The van der Waals surface area contributed by atoms with Gasteiger partial charge in [-0.2, -0.15) is 4.98 Å². The third-order valence-corrected chi connectivity index (χ3v) is 5.81. The highest BCUT2D eigenvalue weighted by Crippen LogP contribution is 2.34. The average molecular weight is 407 g/mol. The van der Waals surface area contributed by atoms with Crippen molar-refractivity contribution >= 4 is 34.0 Å². The summed E-state index contributed by atoms with van der Waals surface area (Å²) in [5.41, 5.74) is 13.6. The number of hydrogen-bond acceptors (Lipinski definition) is 8. The minimum Gasteiger partial charge on any atom is -0.378 e. The summed E-state index contributed by atoms with van der Waals surface area (Å²) in [5, 5.41) is 15.7. The molecule has 2 aromatic heterocycles. The third kappa shape index (κ3) is 4.30. The molecule has 0 atom stereocenters. The number of nitrogens with one attached hydrogen (secondary N) is 1. The maximum absolute atomic E-state index is 11.6. The van der Waals surface area contributed by atoms with Crippen molar-refractivity contribution in [2.45, 2.75) is 32.1 Å². The molecule has 9 heteroatoms. The van der Waals surface area contributed by atoms with Crippen LogP contribution in [0, 0.1) is 22.0 Å². The molecule has 30 heavy (non-hydrogen) atoms. The van der Waals surface area contributed by atoms with Crippen LogP contribution < -0.4 is 16.8 Å². The number of nitrogens with two attached hydrogens (primary N) is 2. The summed E-state index contributed by atoms with van der Waals surface area (Å²) < 4.78 is 0. The lowest BCUT2D eigenvalue weighted by molar-refractivity contribution is -0.385. The molecule has 0 aliphatic heterocycles. The van der Waals surface area contributed by atoms with Gasteiger partial charge in [0, 0.05) is 17.3 Å². The molecule has 0 unspecified atom stereocenters. The van der Waals surface area contributed by atoms with Crippen molar-refractivity contribution in [2.24, 2.45) is 17.6 Å². The summed E-state index contributed by atoms with van der Waals surface area (Å²) in [6, 6.07) is 9.51. The number of benzene rings is 1. The fourth-order valence-electron chi connectivity index (χ4n) is 4.15. The molecule has 3 aromatic rings. The summed E-state index contributed by atoms with van der Waals surface area (Å²) >= 11 is 0. The molecular weight excluding hydrogens is 382 g/mol. The molecular formula is C21H25N7O2. The molecule has 156 valence electrons. The van der Waals surface area contributed by atoms with Gasteiger partial charge in [0.15, 0.2) is 0 Å². The lowest BCUT2D eigenvalue weighted by Crippen LogP contribution is -2.23. The molecule has 5 N–H and O–H groups in total. The van der Waals surface area contributed by atoms with Crippen LogP contribution in [0.25, 0.3) is 10.9 Å². The van der Waals surface area contributed by atoms with Crippen LogP contribution in [0.3, 0.4) is 0 Å². The smallest absolute Gasteiger partial charge is 0.332 e. The van der Waals surface area contributed by atoms with E-state index in [1.165, 1.54) is 0 Å². The number of anilines is 3. The highest BCUT2D eigenvalue weighted by molar-refractivity contribution is 5.82. The molecule has 0 amide bonds. The Labute approximate surface area is 174 Å². The van der Waals surface area contributed by atoms with E-state index in [2.05, 4.69) is 20.3 Å². The zero-order chi connectivity index (χ0) is 21.1. The molecule has 1 saturated carbocycles. The van der Waals surface area contributed by atoms with Gasteiger partial charge in [-0.25, -0.2) is 4.98 Å². The van der Waals surface area contributed by atoms with E-state index in [-0.39, 0.29) is 17.5 Å². The van der Waals surface area contributed by atoms with Gasteiger partial charge in [0.1, 0.15) is 5.69 Å². The van der Waals surface area contributed by atoms with Gasteiger partial charge in [0.05, 0.1) is 10.4 Å². The Morgan fingerprint density at radius 1 is 1.13 bits per heavy atom. The summed E-state index contributed by atoms with van der Waals surface area (Å²) in [5.74, 6) is 1.02. The number of nitrogens with zero attached hydrogens (tertiary/aromatic N) is 4. The van der Waals surface area contributed by atoms with Crippen molar-refractivity contribution in [1.29, 1.82) is 0 Å². The van der Waals surface area contributed by atoms with Crippen LogP contribution in [0.2, 0.25) is 0 Å². The van der Waals surface area contributed by atoms with Crippen LogP contribution in [-0.2, 0) is 6.42 Å². The van der Waals surface area contributed by atoms with Gasteiger partial charge in [-0.15, -0.1) is 0 Å². The lowest BCUT2D eigenvalue weighted by atomic mass is 9.80. The summed E-state index contributed by atoms with van der Waals surface area (Å²) in [6.45, 7) is 0.697. The van der Waals surface area contributed by atoms with Crippen molar-refractivity contribution in [3.8, 4) is 0 Å². The van der Waals surface area contributed by atoms with Gasteiger partial charge in [0.2, 0.25) is 11.8 Å². The van der Waals surface area contributed by atoms with E-state index in [1.807, 2.05) is 30.3 Å². The third-order valence-electron chi connectivity index (χ3n) is 5.81. The molecule has 0 saturated heterocycles. The minimum atomic E-state index is -0.484. The maximum atomic E-state index is 11.6. The van der Waals surface area contributed by atoms with E-state index in [9.17, 15) is 10.1 Å². The van der Waals surface area contributed by atoms with Crippen molar-refractivity contribution in [1.82, 2.24) is 15.0 Å². The molecule has 9 nitrogen and oxygen atoms in total. The maximum Gasteiger partial charge on any atom is 0.332 e. The Morgan fingerprint density at radius 3 is 2.63 bits per heavy atom. The number of aromatic nitrogens is 3. The molecule has 0 bridgehead atoms. The largest absolute Gasteiger partial charge is 0.378 e. The van der Waals surface area contributed by atoms with Crippen molar-refractivity contribution in [3.05, 3.63) is 52.3 Å². The van der Waals surface area contributed by atoms with Crippen LogP contribution in [0.1, 0.15) is 31.4 Å². The zero-order valence-electron chi connectivity index (χ0n) is 16.6. The summed E-state index contributed by atoms with van der Waals surface area (Å²) in [6.07, 6.45) is 6.32. The summed E-state index contributed by atoms with van der Waals surface area (Å²) in [7, 11) is 0. The first-order valence-electron chi connectivity index (χ1n) is 10.2. The first kappa shape index (κ1) is 20.0. The Balaban J connectivity index is 1.59. The topological polar surface area (TPSA) is 146 Å². The summed E-state index contributed by atoms with van der Waals surface area (Å²) in [4.78, 5) is 24.0. The number of nitro groups is 1. The molecule has 0 radical (unpaired) electrons. The second-order valence-corrected chi connectivity index (χ2v) is 7.85. The number of hydrogen-bond donors (Lipinski definition) is 3. The van der Waals surface area contributed by atoms with E-state index in [0.29, 0.717) is 30.5 Å². The van der Waals surface area contributed by atoms with Gasteiger partial charge in [0.25, 0.3) is 0 Å². The van der Waals surface area contributed by atoms with Gasteiger partial charge < -0.3 is 16.8 Å². The van der Waals surface area contributed by atoms with Crippen LogP contribution >= 0.6 is 0 Å². The Kier molecular flexibility index (Phi) is 5.71. The van der Waals surface area contributed by atoms with E-state index in [1.54, 1.807) is 6.20 Å². The van der Waals surface area contributed by atoms with Crippen molar-refractivity contribution < 1.29 is 4.92 Å². The van der Waals surface area contributed by atoms with E-state index < -0.39 is 4.92 Å². The molecule has 1 aliphatic carbocycles. The van der Waals surface area contributed by atoms with Gasteiger partial charge in [-0.3, -0.25) is 15.1 Å². The minimum absolute atomic E-state index is 0.120. The second-order valence-electron chi connectivity index (χ2n) is 7.85. The predicted octanol–water partition coefficient (Wildman–Crippen LogP) is 3.57. The number of nitrogen functional groups attached to an aromatic ring is 1. The molecule has 2 heterocycles. The number of pyridine rings is 1. The quantitative estimate of drug-likeness (QED) is 0.415. The van der Waals surface area contributed by atoms with Gasteiger partial charge in [-0.1, -0.05) is 6.07 Å². The van der Waals surface area contributed by atoms with Crippen LogP contribution in [0.15, 0.2) is 36.5 Å². The number of rotatable bonds is 6. The molecule has 4 rings (SSSR count). The van der Waals surface area contributed by atoms with Gasteiger partial charge >= 0.3 is 5.69 Å². The average Bonchev–Trinajstić information content (AvgIpc) is 2.73. The van der Waals surface area contributed by atoms with Crippen molar-refractivity contribution in [2.75, 3.05) is 17.6 Å². The number of fused-ring (bicyclic) bond motifs is 1. The van der Waals surface area contributed by atoms with Crippen molar-refractivity contribution in [3.63, 3.8) is 0 Å². The molecule has 1 fully saturated rings. The molecule has 0 spiro atoms. The Bertz CT molecular complexity index is 1060. The monoisotopic (exact) mass is 407 g/mol. The first-order chi connectivity index (χ1) is 14.5. The molecule has 1 aromatic carbocycles. The standard InChI is InChI=1S/C21H25N7O2/c22-12-14-5-3-13(4-6-14)10-18-19(28(29)30)20(23)27-21(26-18)25-16-7-8-17-15(11-16)2-1-9-24-17/h1-2,7-9,11,13-14H,3-6,10,12,22H2,(H3,23,25,26,27).